The minimum atomic E-state index is -0.873. The molecule has 1 atom stereocenters. The van der Waals surface area contributed by atoms with Crippen molar-refractivity contribution in [1.82, 2.24) is 5.32 Å². The Morgan fingerprint density at radius 3 is 2.83 bits per heavy atom. The summed E-state index contributed by atoms with van der Waals surface area (Å²) in [5.41, 5.74) is 6.91. The van der Waals surface area contributed by atoms with Crippen LogP contribution in [0.25, 0.3) is 0 Å². The normalized spacial score (nSPS) is 14.6. The zero-order valence-electron chi connectivity index (χ0n) is 13.1. The molecule has 0 spiro atoms. The number of carbonyl (C=O) groups excluding carboxylic acids is 3. The van der Waals surface area contributed by atoms with E-state index in [1.165, 1.54) is 0 Å². The Morgan fingerprint density at radius 2 is 2.09 bits per heavy atom. The highest BCUT2D eigenvalue weighted by atomic mass is 16.5. The summed E-state index contributed by atoms with van der Waals surface area (Å²) in [6, 6.07) is 7.03. The number of para-hydroxylation sites is 1. The minimum Gasteiger partial charge on any atom is -0.452 e. The molecule has 1 aliphatic heterocycles. The number of aryl methyl sites for hydroxylation is 1. The number of amides is 3. The smallest absolute Gasteiger partial charge is 0.312 e. The van der Waals surface area contributed by atoms with Gasteiger partial charge in [0.15, 0.2) is 6.10 Å². The summed E-state index contributed by atoms with van der Waals surface area (Å²) in [6.07, 6.45) is 0.915. The lowest BCUT2D eigenvalue weighted by molar-refractivity contribution is -0.153. The Hall–Kier alpha value is -2.57. The predicted octanol–water partition coefficient (Wildman–Crippen LogP) is 0.956. The molecular formula is C16H21N3O4. The van der Waals surface area contributed by atoms with E-state index in [4.69, 9.17) is 10.5 Å². The first-order valence-corrected chi connectivity index (χ1v) is 7.61. The first-order valence-electron chi connectivity index (χ1n) is 7.61. The van der Waals surface area contributed by atoms with Gasteiger partial charge in [-0.3, -0.25) is 9.59 Å². The quantitative estimate of drug-likeness (QED) is 0.789. The highest BCUT2D eigenvalue weighted by molar-refractivity contribution is 5.98. The van der Waals surface area contributed by atoms with Gasteiger partial charge in [-0.15, -0.1) is 0 Å². The Labute approximate surface area is 134 Å². The molecule has 124 valence electrons. The molecule has 0 fully saturated rings. The number of carbonyl (C=O) groups is 3. The summed E-state index contributed by atoms with van der Waals surface area (Å²) >= 11 is 0. The predicted molar refractivity (Wildman–Crippen MR) is 84.9 cm³/mol. The maximum absolute atomic E-state index is 12.5. The summed E-state index contributed by atoms with van der Waals surface area (Å²) in [4.78, 5) is 36.4. The van der Waals surface area contributed by atoms with Gasteiger partial charge in [0.2, 0.25) is 0 Å². The van der Waals surface area contributed by atoms with E-state index in [1.807, 2.05) is 24.3 Å². The number of esters is 1. The number of nitrogens with one attached hydrogen (secondary N) is 1. The highest BCUT2D eigenvalue weighted by Gasteiger charge is 2.28. The van der Waals surface area contributed by atoms with Gasteiger partial charge in [-0.2, -0.15) is 0 Å². The van der Waals surface area contributed by atoms with E-state index in [-0.39, 0.29) is 18.9 Å². The number of nitrogens with zero attached hydrogens (tertiary/aromatic N) is 1. The van der Waals surface area contributed by atoms with Gasteiger partial charge < -0.3 is 20.7 Å². The van der Waals surface area contributed by atoms with Crippen LogP contribution in [0.5, 0.6) is 0 Å². The minimum absolute atomic E-state index is 0.0306. The zero-order valence-corrected chi connectivity index (χ0v) is 13.1. The SMILES string of the molecule is CC(OC(=O)CCNC(N)=O)C(=O)N1CCCc2ccccc21. The number of fused-ring (bicyclic) bond motifs is 1. The second-order valence-electron chi connectivity index (χ2n) is 5.40. The van der Waals surface area contributed by atoms with Crippen molar-refractivity contribution in [3.63, 3.8) is 0 Å². The van der Waals surface area contributed by atoms with Gasteiger partial charge in [0.1, 0.15) is 0 Å². The topological polar surface area (TPSA) is 102 Å². The van der Waals surface area contributed by atoms with Crippen LogP contribution in [0.2, 0.25) is 0 Å². The van der Waals surface area contributed by atoms with Gasteiger partial charge >= 0.3 is 12.0 Å². The van der Waals surface area contributed by atoms with Crippen LogP contribution in [0.4, 0.5) is 10.5 Å². The third kappa shape index (κ3) is 4.45. The number of ether oxygens (including phenoxy) is 1. The fourth-order valence-electron chi connectivity index (χ4n) is 2.58. The van der Waals surface area contributed by atoms with Gasteiger partial charge in [0.05, 0.1) is 6.42 Å². The van der Waals surface area contributed by atoms with Crippen LogP contribution in [0.15, 0.2) is 24.3 Å². The van der Waals surface area contributed by atoms with Crippen molar-refractivity contribution < 1.29 is 19.1 Å². The summed E-state index contributed by atoms with van der Waals surface area (Å²) < 4.78 is 5.14. The molecule has 0 aliphatic carbocycles. The number of hydrogen-bond donors (Lipinski definition) is 2. The van der Waals surface area contributed by atoms with Crippen LogP contribution < -0.4 is 16.0 Å². The van der Waals surface area contributed by atoms with Crippen molar-refractivity contribution in [2.75, 3.05) is 18.0 Å². The number of hydrogen-bond acceptors (Lipinski definition) is 4. The second kappa shape index (κ2) is 7.62. The first-order chi connectivity index (χ1) is 11.0. The molecule has 0 saturated carbocycles. The number of anilines is 1. The first kappa shape index (κ1) is 16.8. The monoisotopic (exact) mass is 319 g/mol. The summed E-state index contributed by atoms with van der Waals surface area (Å²) in [5, 5.41) is 2.30. The van der Waals surface area contributed by atoms with E-state index in [9.17, 15) is 14.4 Å². The van der Waals surface area contributed by atoms with Gasteiger partial charge in [-0.1, -0.05) is 18.2 Å². The van der Waals surface area contributed by atoms with E-state index in [0.717, 1.165) is 24.1 Å². The van der Waals surface area contributed by atoms with Gasteiger partial charge in [-0.05, 0) is 31.4 Å². The maximum atomic E-state index is 12.5. The molecule has 7 nitrogen and oxygen atoms in total. The Morgan fingerprint density at radius 1 is 1.35 bits per heavy atom. The van der Waals surface area contributed by atoms with Gasteiger partial charge in [0.25, 0.3) is 5.91 Å². The summed E-state index contributed by atoms with van der Waals surface area (Å²) in [5.74, 6) is -0.793. The largest absolute Gasteiger partial charge is 0.452 e. The molecule has 1 aromatic carbocycles. The second-order valence-corrected chi connectivity index (χ2v) is 5.40. The molecule has 0 radical (unpaired) electrons. The molecule has 7 heteroatoms. The molecule has 1 heterocycles. The van der Waals surface area contributed by atoms with Crippen molar-refractivity contribution >= 4 is 23.6 Å². The lowest BCUT2D eigenvalue weighted by atomic mass is 10.0. The molecule has 1 aliphatic rings. The highest BCUT2D eigenvalue weighted by Crippen LogP contribution is 2.27. The Kier molecular flexibility index (Phi) is 5.56. The van der Waals surface area contributed by atoms with E-state index in [2.05, 4.69) is 5.32 Å². The van der Waals surface area contributed by atoms with Crippen LogP contribution in [0.3, 0.4) is 0 Å². The van der Waals surface area contributed by atoms with Crippen molar-refractivity contribution in [2.45, 2.75) is 32.3 Å². The van der Waals surface area contributed by atoms with Crippen LogP contribution >= 0.6 is 0 Å². The molecule has 23 heavy (non-hydrogen) atoms. The molecule has 0 bridgehead atoms. The summed E-state index contributed by atoms with van der Waals surface area (Å²) in [6.45, 7) is 2.25. The zero-order chi connectivity index (χ0) is 16.8. The molecule has 3 amide bonds. The van der Waals surface area contributed by atoms with Crippen LogP contribution in [0, 0.1) is 0 Å². The number of primary amides is 1. The van der Waals surface area contributed by atoms with Crippen LogP contribution in [-0.4, -0.2) is 37.1 Å². The lowest BCUT2D eigenvalue weighted by Crippen LogP contribution is -2.43. The fraction of sp³-hybridized carbons (Fsp3) is 0.438. The van der Waals surface area contributed by atoms with E-state index < -0.39 is 18.1 Å². The van der Waals surface area contributed by atoms with Crippen LogP contribution in [-0.2, 0) is 20.7 Å². The molecule has 0 saturated heterocycles. The van der Waals surface area contributed by atoms with E-state index in [1.54, 1.807) is 11.8 Å². The van der Waals surface area contributed by atoms with Gasteiger partial charge in [-0.25, -0.2) is 4.79 Å². The number of nitrogens with two attached hydrogens (primary N) is 1. The van der Waals surface area contributed by atoms with Crippen LogP contribution in [0.1, 0.15) is 25.3 Å². The van der Waals surface area contributed by atoms with Crippen molar-refractivity contribution in [3.05, 3.63) is 29.8 Å². The molecule has 2 rings (SSSR count). The molecule has 1 aromatic rings. The average molecular weight is 319 g/mol. The number of benzene rings is 1. The number of urea groups is 1. The lowest BCUT2D eigenvalue weighted by Gasteiger charge is -2.31. The van der Waals surface area contributed by atoms with E-state index >= 15 is 0 Å². The molecule has 3 N–H and O–H groups in total. The van der Waals surface area contributed by atoms with Crippen molar-refractivity contribution in [2.24, 2.45) is 5.73 Å². The van der Waals surface area contributed by atoms with Crippen molar-refractivity contribution in [3.8, 4) is 0 Å². The Bertz CT molecular complexity index is 603. The molecular weight excluding hydrogens is 298 g/mol. The third-order valence-corrected chi connectivity index (χ3v) is 3.66. The molecule has 0 aromatic heterocycles. The van der Waals surface area contributed by atoms with Gasteiger partial charge in [0, 0.05) is 18.8 Å². The fourth-order valence-corrected chi connectivity index (χ4v) is 2.58. The maximum Gasteiger partial charge on any atom is 0.312 e. The number of rotatable bonds is 5. The standard InChI is InChI=1S/C16H21N3O4/c1-11(23-14(20)8-9-18-16(17)22)15(21)19-10-4-6-12-5-2-3-7-13(12)19/h2-3,5,7,11H,4,6,8-10H2,1H3,(H3,17,18,22). The summed E-state index contributed by atoms with van der Waals surface area (Å²) in [7, 11) is 0. The van der Waals surface area contributed by atoms with Crippen molar-refractivity contribution in [1.29, 1.82) is 0 Å². The third-order valence-electron chi connectivity index (χ3n) is 3.66. The Balaban J connectivity index is 1.93. The molecule has 1 unspecified atom stereocenters. The van der Waals surface area contributed by atoms with E-state index in [0.29, 0.717) is 6.54 Å². The average Bonchev–Trinajstić information content (AvgIpc) is 2.53.